The highest BCUT2D eigenvalue weighted by atomic mass is 16.1. The Bertz CT molecular complexity index is 391. The van der Waals surface area contributed by atoms with E-state index < -0.39 is 0 Å². The Balaban J connectivity index is 0.000000283. The molecule has 0 atom stereocenters. The number of carbonyl (C=O) groups is 1. The van der Waals surface area contributed by atoms with Gasteiger partial charge in [0.2, 0.25) is 0 Å². The van der Waals surface area contributed by atoms with Gasteiger partial charge >= 0.3 is 0 Å². The van der Waals surface area contributed by atoms with Crippen LogP contribution in [0, 0.1) is 0 Å². The Kier molecular flexibility index (Phi) is 7.03. The number of nitrogens with two attached hydrogens (primary N) is 4. The van der Waals surface area contributed by atoms with Crippen LogP contribution in [0.5, 0.6) is 0 Å². The molecule has 0 aliphatic carbocycles. The van der Waals surface area contributed by atoms with Crippen molar-refractivity contribution >= 4 is 29.5 Å². The molecule has 96 valence electrons. The second-order valence-corrected chi connectivity index (χ2v) is 3.01. The molecule has 0 aromatic carbocycles. The van der Waals surface area contributed by atoms with Crippen LogP contribution in [-0.4, -0.2) is 16.8 Å². The summed E-state index contributed by atoms with van der Waals surface area (Å²) in [5, 5.41) is 0. The number of nitrogen functional groups attached to an aromatic ring is 4. The van der Waals surface area contributed by atoms with Crippen molar-refractivity contribution in [2.75, 3.05) is 22.9 Å². The van der Waals surface area contributed by atoms with Gasteiger partial charge in [-0.25, -0.2) is 0 Å². The number of carbonyl (C=O) groups excluding carboxylic acids is 1. The van der Waals surface area contributed by atoms with Crippen LogP contribution in [0.2, 0.25) is 0 Å². The Morgan fingerprint density at radius 3 is 1.22 bits per heavy atom. The first kappa shape index (κ1) is 15.2. The fourth-order valence-electron chi connectivity index (χ4n) is 0.835. The molecule has 0 radical (unpaired) electrons. The smallest absolute Gasteiger partial charge is 0.106 e. The second-order valence-electron chi connectivity index (χ2n) is 3.01. The molecular formula is C11H16N6O. The maximum atomic E-state index is 8.00. The predicted molar refractivity (Wildman–Crippen MR) is 73.2 cm³/mol. The van der Waals surface area contributed by atoms with Crippen LogP contribution in [0.3, 0.4) is 0 Å². The van der Waals surface area contributed by atoms with Gasteiger partial charge in [-0.05, 0) is 12.1 Å². The Hall–Kier alpha value is -2.83. The fraction of sp³-hybridized carbons (Fsp3) is 0. The Labute approximate surface area is 105 Å². The van der Waals surface area contributed by atoms with Gasteiger partial charge in [-0.15, -0.1) is 0 Å². The van der Waals surface area contributed by atoms with Crippen LogP contribution < -0.4 is 22.9 Å². The van der Waals surface area contributed by atoms with Gasteiger partial charge in [0.05, 0.1) is 35.1 Å². The first-order chi connectivity index (χ1) is 8.61. The van der Waals surface area contributed by atoms with Crippen molar-refractivity contribution in [1.29, 1.82) is 0 Å². The number of hydrogen-bond donors (Lipinski definition) is 4. The zero-order valence-electron chi connectivity index (χ0n) is 9.78. The molecule has 0 aliphatic rings. The van der Waals surface area contributed by atoms with E-state index in [0.29, 0.717) is 22.7 Å². The van der Waals surface area contributed by atoms with Crippen molar-refractivity contribution in [2.45, 2.75) is 0 Å². The van der Waals surface area contributed by atoms with E-state index in [1.807, 2.05) is 6.79 Å². The molecule has 0 spiro atoms. The third kappa shape index (κ3) is 5.31. The quantitative estimate of drug-likeness (QED) is 0.524. The highest BCUT2D eigenvalue weighted by Crippen LogP contribution is 2.08. The first-order valence-corrected chi connectivity index (χ1v) is 4.80. The standard InChI is InChI=1S/2C5H7N3.CH2O/c2*6-4-1-2-8-3-5(4)7;1-2/h2*1-3H,7H2,(H2,6,8);1H2. The van der Waals surface area contributed by atoms with Gasteiger partial charge < -0.3 is 27.7 Å². The first-order valence-electron chi connectivity index (χ1n) is 4.80. The summed E-state index contributed by atoms with van der Waals surface area (Å²) in [5.74, 6) is 0. The molecule has 0 aliphatic heterocycles. The summed E-state index contributed by atoms with van der Waals surface area (Å²) in [7, 11) is 0. The van der Waals surface area contributed by atoms with Crippen LogP contribution in [0.25, 0.3) is 0 Å². The van der Waals surface area contributed by atoms with E-state index in [2.05, 4.69) is 9.97 Å². The third-order valence-electron chi connectivity index (χ3n) is 1.77. The minimum absolute atomic E-state index is 0.535. The molecule has 2 aromatic heterocycles. The number of pyridine rings is 2. The lowest BCUT2D eigenvalue weighted by atomic mass is 10.4. The van der Waals surface area contributed by atoms with E-state index in [0.717, 1.165) is 0 Å². The molecule has 7 nitrogen and oxygen atoms in total. The number of aromatic nitrogens is 2. The Morgan fingerprint density at radius 2 is 1.06 bits per heavy atom. The molecule has 18 heavy (non-hydrogen) atoms. The monoisotopic (exact) mass is 248 g/mol. The van der Waals surface area contributed by atoms with E-state index in [1.165, 1.54) is 12.4 Å². The molecule has 0 unspecified atom stereocenters. The summed E-state index contributed by atoms with van der Waals surface area (Å²) >= 11 is 0. The zero-order valence-corrected chi connectivity index (χ0v) is 9.78. The van der Waals surface area contributed by atoms with Crippen molar-refractivity contribution in [3.8, 4) is 0 Å². The Morgan fingerprint density at radius 1 is 0.722 bits per heavy atom. The van der Waals surface area contributed by atoms with Crippen molar-refractivity contribution < 1.29 is 4.79 Å². The summed E-state index contributed by atoms with van der Waals surface area (Å²) in [4.78, 5) is 15.5. The van der Waals surface area contributed by atoms with Crippen LogP contribution >= 0.6 is 0 Å². The maximum Gasteiger partial charge on any atom is 0.106 e. The van der Waals surface area contributed by atoms with E-state index in [-0.39, 0.29) is 0 Å². The number of anilines is 4. The van der Waals surface area contributed by atoms with Gasteiger partial charge in [0.1, 0.15) is 6.79 Å². The molecule has 0 amide bonds. The summed E-state index contributed by atoms with van der Waals surface area (Å²) in [6.45, 7) is 2.00. The molecule has 2 rings (SSSR count). The van der Waals surface area contributed by atoms with E-state index in [4.69, 9.17) is 27.7 Å². The predicted octanol–water partition coefficient (Wildman–Crippen LogP) is 0.307. The van der Waals surface area contributed by atoms with Crippen molar-refractivity contribution in [2.24, 2.45) is 0 Å². The van der Waals surface area contributed by atoms with Gasteiger partial charge in [0, 0.05) is 12.4 Å². The van der Waals surface area contributed by atoms with E-state index in [1.54, 1.807) is 24.5 Å². The normalized spacial score (nSPS) is 8.22. The lowest BCUT2D eigenvalue weighted by molar-refractivity contribution is -0.0979. The van der Waals surface area contributed by atoms with Crippen LogP contribution in [-0.2, 0) is 4.79 Å². The van der Waals surface area contributed by atoms with E-state index >= 15 is 0 Å². The van der Waals surface area contributed by atoms with Crippen LogP contribution in [0.4, 0.5) is 22.7 Å². The lowest BCUT2D eigenvalue weighted by Gasteiger charge is -1.93. The third-order valence-corrected chi connectivity index (χ3v) is 1.77. The van der Waals surface area contributed by atoms with Gasteiger partial charge in [-0.1, -0.05) is 0 Å². The molecule has 2 aromatic rings. The van der Waals surface area contributed by atoms with E-state index in [9.17, 15) is 0 Å². The topological polar surface area (TPSA) is 147 Å². The fourth-order valence-corrected chi connectivity index (χ4v) is 0.835. The molecule has 2 heterocycles. The molecular weight excluding hydrogens is 232 g/mol. The van der Waals surface area contributed by atoms with Crippen LogP contribution in [0.15, 0.2) is 36.9 Å². The number of nitrogens with zero attached hydrogens (tertiary/aromatic N) is 2. The van der Waals surface area contributed by atoms with Gasteiger partial charge in [-0.3, -0.25) is 9.97 Å². The lowest BCUT2D eigenvalue weighted by Crippen LogP contribution is -1.93. The van der Waals surface area contributed by atoms with Gasteiger partial charge in [-0.2, -0.15) is 0 Å². The zero-order chi connectivity index (χ0) is 14.0. The van der Waals surface area contributed by atoms with Gasteiger partial charge in [0.15, 0.2) is 0 Å². The maximum absolute atomic E-state index is 8.00. The highest BCUT2D eigenvalue weighted by molar-refractivity contribution is 5.60. The average Bonchev–Trinajstić information content (AvgIpc) is 2.40. The second kappa shape index (κ2) is 8.34. The highest BCUT2D eigenvalue weighted by Gasteiger charge is 1.87. The molecule has 0 fully saturated rings. The molecule has 7 heteroatoms. The minimum atomic E-state index is 0.535. The molecule has 0 saturated heterocycles. The molecule has 8 N–H and O–H groups in total. The molecule has 0 bridgehead atoms. The van der Waals surface area contributed by atoms with Crippen molar-refractivity contribution in [1.82, 2.24) is 9.97 Å². The number of rotatable bonds is 0. The summed E-state index contributed by atoms with van der Waals surface area (Å²) in [6, 6.07) is 3.32. The largest absolute Gasteiger partial charge is 0.397 e. The van der Waals surface area contributed by atoms with Gasteiger partial charge in [0.25, 0.3) is 0 Å². The van der Waals surface area contributed by atoms with Crippen molar-refractivity contribution in [3.63, 3.8) is 0 Å². The summed E-state index contributed by atoms with van der Waals surface area (Å²) < 4.78 is 0. The molecule has 0 saturated carbocycles. The SMILES string of the molecule is C=O.Nc1ccncc1N.Nc1ccncc1N. The number of hydrogen-bond acceptors (Lipinski definition) is 7. The summed E-state index contributed by atoms with van der Waals surface area (Å²) in [6.07, 6.45) is 6.25. The average molecular weight is 248 g/mol. The minimum Gasteiger partial charge on any atom is -0.397 e. The van der Waals surface area contributed by atoms with Crippen LogP contribution in [0.1, 0.15) is 0 Å². The summed E-state index contributed by atoms with van der Waals surface area (Å²) in [5.41, 5.74) is 23.6. The van der Waals surface area contributed by atoms with Crippen molar-refractivity contribution in [3.05, 3.63) is 36.9 Å².